The zero-order valence-electron chi connectivity index (χ0n) is 9.38. The molecule has 0 spiro atoms. The molecule has 2 unspecified atom stereocenters. The summed E-state index contributed by atoms with van der Waals surface area (Å²) in [7, 11) is 1.48. The van der Waals surface area contributed by atoms with E-state index in [4.69, 9.17) is 15.3 Å². The van der Waals surface area contributed by atoms with Gasteiger partial charge >= 0.3 is 12.0 Å². The lowest BCUT2D eigenvalue weighted by Crippen LogP contribution is -2.48. The zero-order valence-corrected chi connectivity index (χ0v) is 9.38. The molecule has 7 nitrogen and oxygen atoms in total. The van der Waals surface area contributed by atoms with Gasteiger partial charge < -0.3 is 25.5 Å². The topological polar surface area (TPSA) is 110 Å². The second-order valence-electron chi connectivity index (χ2n) is 3.58. The van der Waals surface area contributed by atoms with Gasteiger partial charge in [0.2, 0.25) is 0 Å². The molecule has 0 bridgehead atoms. The quantitative estimate of drug-likeness (QED) is 0.463. The van der Waals surface area contributed by atoms with Gasteiger partial charge in [-0.05, 0) is 13.3 Å². The number of carboxylic acids is 1. The number of nitrogens with one attached hydrogen (secondary N) is 1. The van der Waals surface area contributed by atoms with Crippen LogP contribution in [-0.4, -0.2) is 64.6 Å². The average molecular weight is 234 g/mol. The van der Waals surface area contributed by atoms with Crippen LogP contribution >= 0.6 is 0 Å². The molecule has 0 aromatic rings. The van der Waals surface area contributed by atoms with Gasteiger partial charge in [-0.2, -0.15) is 0 Å². The summed E-state index contributed by atoms with van der Waals surface area (Å²) < 4.78 is 0. The number of urea groups is 1. The molecular formula is C9H18N2O5. The van der Waals surface area contributed by atoms with Gasteiger partial charge in [-0.1, -0.05) is 0 Å². The molecule has 0 rings (SSSR count). The molecule has 0 aliphatic rings. The van der Waals surface area contributed by atoms with Crippen LogP contribution in [0.2, 0.25) is 0 Å². The van der Waals surface area contributed by atoms with Crippen molar-refractivity contribution in [3.05, 3.63) is 0 Å². The van der Waals surface area contributed by atoms with Crippen LogP contribution in [0.15, 0.2) is 0 Å². The molecule has 0 aliphatic carbocycles. The fraction of sp³-hybridized carbons (Fsp3) is 0.778. The van der Waals surface area contributed by atoms with Crippen molar-refractivity contribution in [2.24, 2.45) is 0 Å². The Labute approximate surface area is 93.7 Å². The third-order valence-electron chi connectivity index (χ3n) is 2.01. The zero-order chi connectivity index (χ0) is 12.7. The number of carbonyl (C=O) groups is 2. The third-order valence-corrected chi connectivity index (χ3v) is 2.01. The Morgan fingerprint density at radius 2 is 2.00 bits per heavy atom. The maximum atomic E-state index is 11.4. The van der Waals surface area contributed by atoms with Gasteiger partial charge in [0.05, 0.1) is 12.7 Å². The Kier molecular flexibility index (Phi) is 6.43. The van der Waals surface area contributed by atoms with E-state index in [1.165, 1.54) is 11.9 Å². The Bertz CT molecular complexity index is 244. The van der Waals surface area contributed by atoms with Crippen molar-refractivity contribution in [2.45, 2.75) is 25.5 Å². The minimum absolute atomic E-state index is 0.307. The molecule has 0 saturated heterocycles. The lowest BCUT2D eigenvalue weighted by atomic mass is 10.3. The molecule has 7 heteroatoms. The predicted molar refractivity (Wildman–Crippen MR) is 56.0 cm³/mol. The van der Waals surface area contributed by atoms with E-state index in [9.17, 15) is 9.59 Å². The molecule has 94 valence electrons. The monoisotopic (exact) mass is 234 g/mol. The minimum Gasteiger partial charge on any atom is -0.480 e. The van der Waals surface area contributed by atoms with Gasteiger partial charge in [-0.25, -0.2) is 9.59 Å². The molecule has 2 amide bonds. The number of rotatable bonds is 6. The van der Waals surface area contributed by atoms with Crippen molar-refractivity contribution in [3.8, 4) is 0 Å². The van der Waals surface area contributed by atoms with Gasteiger partial charge in [0.25, 0.3) is 0 Å². The van der Waals surface area contributed by atoms with Gasteiger partial charge in [-0.3, -0.25) is 0 Å². The first-order valence-corrected chi connectivity index (χ1v) is 4.91. The number of aliphatic carboxylic acids is 1. The van der Waals surface area contributed by atoms with Crippen LogP contribution in [0.5, 0.6) is 0 Å². The molecule has 0 aliphatic heterocycles. The summed E-state index contributed by atoms with van der Waals surface area (Å²) in [5, 5.41) is 28.4. The van der Waals surface area contributed by atoms with E-state index in [1.807, 2.05) is 0 Å². The Hall–Kier alpha value is -1.34. The van der Waals surface area contributed by atoms with E-state index in [-0.39, 0.29) is 0 Å². The molecule has 0 aromatic heterocycles. The van der Waals surface area contributed by atoms with Gasteiger partial charge in [0.1, 0.15) is 0 Å². The van der Waals surface area contributed by atoms with E-state index >= 15 is 0 Å². The summed E-state index contributed by atoms with van der Waals surface area (Å²) >= 11 is 0. The number of aliphatic hydroxyl groups is 2. The largest absolute Gasteiger partial charge is 0.480 e. The summed E-state index contributed by atoms with van der Waals surface area (Å²) in [6.07, 6.45) is -0.121. The fourth-order valence-corrected chi connectivity index (χ4v) is 0.927. The molecule has 4 N–H and O–H groups in total. The minimum atomic E-state index is -1.30. The number of nitrogens with zero attached hydrogens (tertiary/aromatic N) is 1. The average Bonchev–Trinajstić information content (AvgIpc) is 2.21. The normalized spacial score (nSPS) is 14.0. The van der Waals surface area contributed by atoms with Crippen LogP contribution in [0.25, 0.3) is 0 Å². The first kappa shape index (κ1) is 14.7. The van der Waals surface area contributed by atoms with Crippen LogP contribution in [0.1, 0.15) is 13.3 Å². The van der Waals surface area contributed by atoms with Gasteiger partial charge in [0, 0.05) is 13.6 Å². The second kappa shape index (κ2) is 7.02. The Morgan fingerprint density at radius 3 is 2.38 bits per heavy atom. The van der Waals surface area contributed by atoms with Crippen molar-refractivity contribution >= 4 is 12.0 Å². The highest BCUT2D eigenvalue weighted by molar-refractivity contribution is 5.82. The molecule has 16 heavy (non-hydrogen) atoms. The molecule has 0 saturated carbocycles. The SMILES string of the molecule is CC(O)CCN(C)C(=O)NC(CO)C(=O)O. The van der Waals surface area contributed by atoms with Crippen molar-refractivity contribution < 1.29 is 24.9 Å². The summed E-state index contributed by atoms with van der Waals surface area (Å²) in [5.41, 5.74) is 0. The molecule has 0 aromatic carbocycles. The molecule has 0 radical (unpaired) electrons. The van der Waals surface area contributed by atoms with E-state index in [0.29, 0.717) is 13.0 Å². The maximum absolute atomic E-state index is 11.4. The standard InChI is InChI=1S/C9H18N2O5/c1-6(13)3-4-11(2)9(16)10-7(5-12)8(14)15/h6-7,12-13H,3-5H2,1-2H3,(H,10,16)(H,14,15). The highest BCUT2D eigenvalue weighted by Crippen LogP contribution is 1.94. The second-order valence-corrected chi connectivity index (χ2v) is 3.58. The van der Waals surface area contributed by atoms with Crippen LogP contribution < -0.4 is 5.32 Å². The number of hydrogen-bond donors (Lipinski definition) is 4. The summed E-state index contributed by atoms with van der Waals surface area (Å²) in [6, 6.07) is -1.90. The summed E-state index contributed by atoms with van der Waals surface area (Å²) in [4.78, 5) is 23.2. The van der Waals surface area contributed by atoms with Gasteiger partial charge in [-0.15, -0.1) is 0 Å². The number of hydrogen-bond acceptors (Lipinski definition) is 4. The number of carboxylic acid groups (broad SMARTS) is 1. The number of aliphatic hydroxyl groups excluding tert-OH is 2. The lowest BCUT2D eigenvalue weighted by Gasteiger charge is -2.20. The van der Waals surface area contributed by atoms with Crippen molar-refractivity contribution in [2.75, 3.05) is 20.2 Å². The van der Waals surface area contributed by atoms with Gasteiger partial charge in [0.15, 0.2) is 6.04 Å². The summed E-state index contributed by atoms with van der Waals surface area (Å²) in [5.74, 6) is -1.29. The first-order valence-electron chi connectivity index (χ1n) is 4.91. The summed E-state index contributed by atoms with van der Waals surface area (Å²) in [6.45, 7) is 1.24. The molecular weight excluding hydrogens is 216 g/mol. The van der Waals surface area contributed by atoms with E-state index < -0.39 is 30.8 Å². The molecule has 0 heterocycles. The Morgan fingerprint density at radius 1 is 1.44 bits per heavy atom. The van der Waals surface area contributed by atoms with E-state index in [2.05, 4.69) is 5.32 Å². The van der Waals surface area contributed by atoms with Crippen LogP contribution in [0.3, 0.4) is 0 Å². The van der Waals surface area contributed by atoms with Crippen molar-refractivity contribution in [1.29, 1.82) is 0 Å². The lowest BCUT2D eigenvalue weighted by molar-refractivity contribution is -0.140. The molecule has 0 fully saturated rings. The van der Waals surface area contributed by atoms with Crippen molar-refractivity contribution in [1.82, 2.24) is 10.2 Å². The Balaban J connectivity index is 4.08. The van der Waals surface area contributed by atoms with Crippen LogP contribution in [0, 0.1) is 0 Å². The van der Waals surface area contributed by atoms with E-state index in [0.717, 1.165) is 0 Å². The van der Waals surface area contributed by atoms with Crippen LogP contribution in [-0.2, 0) is 4.79 Å². The van der Waals surface area contributed by atoms with E-state index in [1.54, 1.807) is 6.92 Å². The van der Waals surface area contributed by atoms with Crippen molar-refractivity contribution in [3.63, 3.8) is 0 Å². The number of carbonyl (C=O) groups excluding carboxylic acids is 1. The fourth-order valence-electron chi connectivity index (χ4n) is 0.927. The highest BCUT2D eigenvalue weighted by Gasteiger charge is 2.20. The first-order chi connectivity index (χ1) is 7.38. The maximum Gasteiger partial charge on any atom is 0.328 e. The highest BCUT2D eigenvalue weighted by atomic mass is 16.4. The third kappa shape index (κ3) is 5.52. The predicted octanol–water partition coefficient (Wildman–Crippen LogP) is -1.16. The molecule has 2 atom stereocenters. The smallest absolute Gasteiger partial charge is 0.328 e. The number of amides is 2. The van der Waals surface area contributed by atoms with Crippen LogP contribution in [0.4, 0.5) is 4.79 Å².